The zero-order valence-corrected chi connectivity index (χ0v) is 16.0. The van der Waals surface area contributed by atoms with Gasteiger partial charge in [0.15, 0.2) is 0 Å². The first-order chi connectivity index (χ1) is 14.1. The van der Waals surface area contributed by atoms with Crippen LogP contribution in [-0.2, 0) is 0 Å². The van der Waals surface area contributed by atoms with E-state index in [0.29, 0.717) is 11.5 Å². The number of allylic oxidation sites excluding steroid dienone is 4. The van der Waals surface area contributed by atoms with E-state index >= 15 is 0 Å². The lowest BCUT2D eigenvalue weighted by Crippen LogP contribution is -2.46. The van der Waals surface area contributed by atoms with Gasteiger partial charge >= 0.3 is 5.97 Å². The monoisotopic (exact) mass is 387 g/mol. The average Bonchev–Trinajstić information content (AvgIpc) is 3.38. The molecule has 0 unspecified atom stereocenters. The van der Waals surface area contributed by atoms with Crippen LogP contribution in [0.3, 0.4) is 0 Å². The Kier molecular flexibility index (Phi) is 3.55. The highest BCUT2D eigenvalue weighted by atomic mass is 19.1. The van der Waals surface area contributed by atoms with E-state index in [1.54, 1.807) is 12.1 Å². The molecule has 0 aromatic heterocycles. The van der Waals surface area contributed by atoms with E-state index in [-0.39, 0.29) is 29.6 Å². The first kappa shape index (κ1) is 17.0. The molecule has 29 heavy (non-hydrogen) atoms. The Morgan fingerprint density at radius 2 is 1.72 bits per heavy atom. The zero-order chi connectivity index (χ0) is 19.7. The van der Waals surface area contributed by atoms with E-state index in [2.05, 4.69) is 29.2 Å². The largest absolute Gasteiger partial charge is 0.478 e. The summed E-state index contributed by atoms with van der Waals surface area (Å²) >= 11 is 0. The van der Waals surface area contributed by atoms with Crippen LogP contribution in [-0.4, -0.2) is 17.6 Å². The van der Waals surface area contributed by atoms with Gasteiger partial charge in [-0.1, -0.05) is 42.5 Å². The second-order valence-electron chi connectivity index (χ2n) is 8.73. The molecule has 0 amide bonds. The van der Waals surface area contributed by atoms with Crippen LogP contribution in [0.5, 0.6) is 0 Å². The van der Waals surface area contributed by atoms with Gasteiger partial charge in [0.25, 0.3) is 0 Å². The van der Waals surface area contributed by atoms with E-state index in [9.17, 15) is 14.3 Å². The quantitative estimate of drug-likeness (QED) is 0.700. The van der Waals surface area contributed by atoms with Crippen molar-refractivity contribution in [3.8, 4) is 0 Å². The summed E-state index contributed by atoms with van der Waals surface area (Å²) in [6.07, 6.45) is 10.7. The molecule has 0 fully saturated rings. The van der Waals surface area contributed by atoms with E-state index in [1.807, 2.05) is 24.3 Å². The molecule has 2 aliphatic heterocycles. The number of carbonyl (C=O) groups is 1. The number of benzene rings is 2. The minimum absolute atomic E-state index is 0.0281. The van der Waals surface area contributed by atoms with Gasteiger partial charge in [-0.3, -0.25) is 0 Å². The molecular weight excluding hydrogens is 365 g/mol. The first-order valence-electron chi connectivity index (χ1n) is 10.4. The molecule has 4 aliphatic rings. The summed E-state index contributed by atoms with van der Waals surface area (Å²) < 4.78 is 14.9. The summed E-state index contributed by atoms with van der Waals surface area (Å²) in [7, 11) is 0. The van der Waals surface area contributed by atoms with Crippen molar-refractivity contribution in [2.75, 3.05) is 11.4 Å². The van der Waals surface area contributed by atoms with Gasteiger partial charge in [-0.15, -0.1) is 0 Å². The predicted molar refractivity (Wildman–Crippen MR) is 110 cm³/mol. The highest BCUT2D eigenvalue weighted by molar-refractivity contribution is 5.90. The minimum Gasteiger partial charge on any atom is -0.478 e. The molecule has 2 aliphatic carbocycles. The molecule has 0 saturated carbocycles. The van der Waals surface area contributed by atoms with Crippen LogP contribution in [0.15, 0.2) is 60.7 Å². The third kappa shape index (κ3) is 2.32. The van der Waals surface area contributed by atoms with Gasteiger partial charge in [0, 0.05) is 29.6 Å². The molecule has 6 rings (SSSR count). The summed E-state index contributed by atoms with van der Waals surface area (Å²) in [5.41, 5.74) is 4.47. The van der Waals surface area contributed by atoms with Crippen LogP contribution in [0.25, 0.3) is 0 Å². The molecule has 146 valence electrons. The fourth-order valence-electron chi connectivity index (χ4n) is 6.17. The fourth-order valence-corrected chi connectivity index (χ4v) is 6.17. The standard InChI is InChI=1S/C25H22FNO2/c26-22-10-2-1-6-19(22)23-18-9-4-8-17(18)21-12-15(25(28)29)11-20-16-7-3-5-14(16)13-27(23)24(20)21/h1-4,6-8,10-12,14,16-18,23H,5,9,13H2,(H,28,29)/t14-,16+,17-,18+,23-/m1/s1. The number of hydrogen-bond donors (Lipinski definition) is 1. The number of carboxylic acids is 1. The maximum Gasteiger partial charge on any atom is 0.335 e. The van der Waals surface area contributed by atoms with E-state index in [0.717, 1.165) is 41.8 Å². The maximum absolute atomic E-state index is 14.9. The third-order valence-corrected chi connectivity index (χ3v) is 7.32. The molecule has 0 saturated heterocycles. The summed E-state index contributed by atoms with van der Waals surface area (Å²) in [6.45, 7) is 0.881. The van der Waals surface area contributed by atoms with Crippen LogP contribution in [0.2, 0.25) is 0 Å². The van der Waals surface area contributed by atoms with Crippen molar-refractivity contribution in [2.45, 2.75) is 30.7 Å². The fraction of sp³-hybridized carbons (Fsp3) is 0.320. The Morgan fingerprint density at radius 1 is 1.00 bits per heavy atom. The molecule has 0 spiro atoms. The molecule has 3 nitrogen and oxygen atoms in total. The Bertz CT molecular complexity index is 1070. The van der Waals surface area contributed by atoms with Crippen LogP contribution in [0.1, 0.15) is 57.8 Å². The number of aromatic carboxylic acids is 1. The molecule has 4 heteroatoms. The number of anilines is 1. The van der Waals surface area contributed by atoms with Gasteiger partial charge in [-0.25, -0.2) is 9.18 Å². The number of nitrogens with zero attached hydrogens (tertiary/aromatic N) is 1. The van der Waals surface area contributed by atoms with Crippen LogP contribution in [0.4, 0.5) is 10.1 Å². The lowest BCUT2D eigenvalue weighted by atomic mass is 9.70. The minimum atomic E-state index is -0.880. The van der Waals surface area contributed by atoms with Gasteiger partial charge in [0.2, 0.25) is 0 Å². The van der Waals surface area contributed by atoms with Crippen LogP contribution in [0, 0.1) is 17.7 Å². The van der Waals surface area contributed by atoms with Crippen molar-refractivity contribution in [3.63, 3.8) is 0 Å². The number of hydrogen-bond acceptors (Lipinski definition) is 2. The Balaban J connectivity index is 1.62. The highest BCUT2D eigenvalue weighted by Gasteiger charge is 2.48. The summed E-state index contributed by atoms with van der Waals surface area (Å²) in [6, 6.07) is 10.8. The van der Waals surface area contributed by atoms with E-state index in [1.165, 1.54) is 0 Å². The lowest BCUT2D eigenvalue weighted by molar-refractivity contribution is 0.0696. The van der Waals surface area contributed by atoms with Crippen molar-refractivity contribution in [3.05, 3.63) is 88.8 Å². The molecular formula is C25H22FNO2. The van der Waals surface area contributed by atoms with Crippen molar-refractivity contribution >= 4 is 11.7 Å². The van der Waals surface area contributed by atoms with Gasteiger partial charge in [-0.05, 0) is 54.0 Å². The van der Waals surface area contributed by atoms with E-state index < -0.39 is 5.97 Å². The topological polar surface area (TPSA) is 40.5 Å². The number of carboxylic acid groups (broad SMARTS) is 1. The number of fused-ring (bicyclic) bond motifs is 4. The predicted octanol–water partition coefficient (Wildman–Crippen LogP) is 5.42. The molecule has 5 atom stereocenters. The first-order valence-corrected chi connectivity index (χ1v) is 10.4. The highest BCUT2D eigenvalue weighted by Crippen LogP contribution is 2.59. The number of halogens is 1. The van der Waals surface area contributed by atoms with Gasteiger partial charge < -0.3 is 10.0 Å². The Morgan fingerprint density at radius 3 is 2.52 bits per heavy atom. The number of rotatable bonds is 2. The molecule has 2 aromatic carbocycles. The van der Waals surface area contributed by atoms with Gasteiger partial charge in [0.05, 0.1) is 11.6 Å². The SMILES string of the molecule is O=C(O)c1cc2c3c(c1)[C@@H]1C=CC[C@@H]1[C@H](c1ccccc1F)N3C[C@H]1CC=C[C@H]21. The molecule has 1 N–H and O–H groups in total. The normalized spacial score (nSPS) is 30.8. The van der Waals surface area contributed by atoms with E-state index in [4.69, 9.17) is 0 Å². The van der Waals surface area contributed by atoms with Crippen molar-refractivity contribution in [1.82, 2.24) is 0 Å². The second kappa shape index (κ2) is 6.06. The molecule has 0 radical (unpaired) electrons. The molecule has 0 bridgehead atoms. The molecule has 2 aromatic rings. The average molecular weight is 387 g/mol. The Hall–Kier alpha value is -2.88. The van der Waals surface area contributed by atoms with Crippen molar-refractivity contribution < 1.29 is 14.3 Å². The third-order valence-electron chi connectivity index (χ3n) is 7.32. The van der Waals surface area contributed by atoms with Crippen LogP contribution >= 0.6 is 0 Å². The summed E-state index contributed by atoms with van der Waals surface area (Å²) in [5.74, 6) is -0.00781. The summed E-state index contributed by atoms with van der Waals surface area (Å²) in [5, 5.41) is 9.74. The van der Waals surface area contributed by atoms with Crippen molar-refractivity contribution in [2.24, 2.45) is 11.8 Å². The zero-order valence-electron chi connectivity index (χ0n) is 16.0. The maximum atomic E-state index is 14.9. The lowest BCUT2D eigenvalue weighted by Gasteiger charge is -2.51. The van der Waals surface area contributed by atoms with Gasteiger partial charge in [-0.2, -0.15) is 0 Å². The van der Waals surface area contributed by atoms with Gasteiger partial charge in [0.1, 0.15) is 5.82 Å². The Labute approximate surface area is 169 Å². The molecule has 2 heterocycles. The smallest absolute Gasteiger partial charge is 0.335 e. The second-order valence-corrected chi connectivity index (χ2v) is 8.73. The summed E-state index contributed by atoms with van der Waals surface area (Å²) in [4.78, 5) is 14.3. The van der Waals surface area contributed by atoms with Crippen LogP contribution < -0.4 is 4.90 Å². The van der Waals surface area contributed by atoms with Crippen molar-refractivity contribution in [1.29, 1.82) is 0 Å².